The Morgan fingerprint density at radius 2 is 1.87 bits per heavy atom. The molecule has 0 radical (unpaired) electrons. The summed E-state index contributed by atoms with van der Waals surface area (Å²) >= 11 is 0. The van der Waals surface area contributed by atoms with Crippen LogP contribution in [-0.2, 0) is 0 Å². The smallest absolute Gasteiger partial charge is 0.176 e. The predicted molar refractivity (Wildman–Crippen MR) is 124 cm³/mol. The Kier molecular flexibility index (Phi) is 6.72. The summed E-state index contributed by atoms with van der Waals surface area (Å²) < 4.78 is 14.2. The van der Waals surface area contributed by atoms with Crippen LogP contribution in [0.15, 0.2) is 23.2 Å². The van der Waals surface area contributed by atoms with Gasteiger partial charge in [0, 0.05) is 41.7 Å². The Balaban J connectivity index is 1.59. The van der Waals surface area contributed by atoms with Crippen LogP contribution >= 0.6 is 0 Å². The number of aryl methyl sites for hydroxylation is 1. The molecule has 1 saturated carbocycles. The topological polar surface area (TPSA) is 86.8 Å². The minimum absolute atomic E-state index is 0.273. The molecule has 2 aliphatic rings. The van der Waals surface area contributed by atoms with Crippen LogP contribution in [0.3, 0.4) is 0 Å². The van der Waals surface area contributed by atoms with Crippen molar-refractivity contribution in [1.29, 1.82) is 0 Å². The zero-order valence-electron chi connectivity index (χ0n) is 18.6. The molecule has 1 aliphatic carbocycles. The molecule has 1 aromatic carbocycles. The third-order valence-corrected chi connectivity index (χ3v) is 6.66. The van der Waals surface area contributed by atoms with Gasteiger partial charge in [-0.25, -0.2) is 14.4 Å². The molecule has 1 saturated heterocycles. The molecule has 0 amide bonds. The van der Waals surface area contributed by atoms with E-state index in [0.717, 1.165) is 31.3 Å². The number of benzene rings is 1. The number of anilines is 1. The lowest BCUT2D eigenvalue weighted by Gasteiger charge is -2.37. The van der Waals surface area contributed by atoms with Crippen molar-refractivity contribution < 1.29 is 9.50 Å². The van der Waals surface area contributed by atoms with Crippen molar-refractivity contribution in [2.24, 2.45) is 10.7 Å². The maximum Gasteiger partial charge on any atom is 0.176 e. The highest BCUT2D eigenvalue weighted by Gasteiger charge is 2.27. The first-order valence-electron chi connectivity index (χ1n) is 11.5. The number of piperidine rings is 1. The van der Waals surface area contributed by atoms with Crippen molar-refractivity contribution in [1.82, 2.24) is 10.3 Å². The van der Waals surface area contributed by atoms with Crippen LogP contribution in [0.4, 0.5) is 10.2 Å². The van der Waals surface area contributed by atoms with E-state index < -0.39 is 6.23 Å². The lowest BCUT2D eigenvalue weighted by Crippen LogP contribution is -2.47. The Labute approximate surface area is 183 Å². The van der Waals surface area contributed by atoms with Gasteiger partial charge in [0.2, 0.25) is 0 Å². The van der Waals surface area contributed by atoms with Crippen LogP contribution in [0.5, 0.6) is 0 Å². The highest BCUT2D eigenvalue weighted by Crippen LogP contribution is 2.33. The fourth-order valence-electron chi connectivity index (χ4n) is 4.93. The van der Waals surface area contributed by atoms with E-state index in [1.54, 1.807) is 19.9 Å². The summed E-state index contributed by atoms with van der Waals surface area (Å²) in [6, 6.07) is 6.16. The van der Waals surface area contributed by atoms with Gasteiger partial charge in [0.1, 0.15) is 11.6 Å². The SMILES string of the molecule is CC(N)=NC(O)c1cc2ccc(F)c(C)c2nc1N1CCC(NC2CCCCC2)CC1. The van der Waals surface area contributed by atoms with Gasteiger partial charge in [0.05, 0.1) is 11.4 Å². The average molecular weight is 428 g/mol. The van der Waals surface area contributed by atoms with E-state index in [0.29, 0.717) is 40.4 Å². The number of fused-ring (bicyclic) bond motifs is 1. The normalized spacial score (nSPS) is 20.4. The average Bonchev–Trinajstić information content (AvgIpc) is 2.76. The number of hydrogen-bond acceptors (Lipinski definition) is 5. The molecule has 4 N–H and O–H groups in total. The Bertz CT molecular complexity index is 945. The van der Waals surface area contributed by atoms with Crippen molar-refractivity contribution in [3.8, 4) is 0 Å². The molecule has 2 aromatic rings. The van der Waals surface area contributed by atoms with E-state index in [2.05, 4.69) is 15.2 Å². The second-order valence-electron chi connectivity index (χ2n) is 9.05. The highest BCUT2D eigenvalue weighted by atomic mass is 19.1. The number of aliphatic hydroxyl groups excluding tert-OH is 1. The second kappa shape index (κ2) is 9.49. The van der Waals surface area contributed by atoms with Gasteiger partial charge in [-0.1, -0.05) is 19.3 Å². The predicted octanol–water partition coefficient (Wildman–Crippen LogP) is 3.94. The first kappa shape index (κ1) is 22.0. The minimum Gasteiger partial charge on any atom is -0.388 e. The van der Waals surface area contributed by atoms with E-state index in [9.17, 15) is 9.50 Å². The number of halogens is 1. The van der Waals surface area contributed by atoms with Gasteiger partial charge < -0.3 is 21.1 Å². The number of nitrogens with zero attached hydrogens (tertiary/aromatic N) is 3. The third-order valence-electron chi connectivity index (χ3n) is 6.66. The van der Waals surface area contributed by atoms with Gasteiger partial charge in [0.25, 0.3) is 0 Å². The monoisotopic (exact) mass is 427 g/mol. The van der Waals surface area contributed by atoms with Crippen molar-refractivity contribution in [3.63, 3.8) is 0 Å². The van der Waals surface area contributed by atoms with Gasteiger partial charge in [-0.05, 0) is 57.7 Å². The number of nitrogens with two attached hydrogens (primary N) is 1. The quantitative estimate of drug-likeness (QED) is 0.497. The van der Waals surface area contributed by atoms with Crippen LogP contribution in [0.2, 0.25) is 0 Å². The Hall–Kier alpha value is -2.25. The van der Waals surface area contributed by atoms with E-state index >= 15 is 0 Å². The summed E-state index contributed by atoms with van der Waals surface area (Å²) in [5.41, 5.74) is 7.48. The van der Waals surface area contributed by atoms with Crippen LogP contribution in [0.25, 0.3) is 10.9 Å². The fraction of sp³-hybridized carbons (Fsp3) is 0.583. The molecule has 2 fully saturated rings. The van der Waals surface area contributed by atoms with Crippen molar-refractivity contribution in [3.05, 3.63) is 35.1 Å². The third kappa shape index (κ3) is 4.99. The summed E-state index contributed by atoms with van der Waals surface area (Å²) in [7, 11) is 0. The molecule has 1 unspecified atom stereocenters. The van der Waals surface area contributed by atoms with Crippen LogP contribution in [0, 0.1) is 12.7 Å². The summed E-state index contributed by atoms with van der Waals surface area (Å²) in [5.74, 6) is 0.713. The van der Waals surface area contributed by atoms with Crippen molar-refractivity contribution >= 4 is 22.6 Å². The maximum atomic E-state index is 14.2. The zero-order chi connectivity index (χ0) is 22.0. The number of nitrogens with one attached hydrogen (secondary N) is 1. The van der Waals surface area contributed by atoms with Gasteiger partial charge in [-0.3, -0.25) is 0 Å². The molecular formula is C24H34FN5O. The molecule has 1 aliphatic heterocycles. The summed E-state index contributed by atoms with van der Waals surface area (Å²) in [6.45, 7) is 5.07. The number of aliphatic imine (C=N–C) groups is 1. The maximum absolute atomic E-state index is 14.2. The van der Waals surface area contributed by atoms with E-state index in [1.807, 2.05) is 6.07 Å². The minimum atomic E-state index is -1.10. The summed E-state index contributed by atoms with van der Waals surface area (Å²) in [5, 5.41) is 15.4. The summed E-state index contributed by atoms with van der Waals surface area (Å²) in [4.78, 5) is 11.2. The first-order valence-corrected chi connectivity index (χ1v) is 11.5. The second-order valence-corrected chi connectivity index (χ2v) is 9.05. The first-order chi connectivity index (χ1) is 14.9. The van der Waals surface area contributed by atoms with E-state index in [1.165, 1.54) is 38.2 Å². The zero-order valence-corrected chi connectivity index (χ0v) is 18.6. The van der Waals surface area contributed by atoms with Gasteiger partial charge >= 0.3 is 0 Å². The fourth-order valence-corrected chi connectivity index (χ4v) is 4.93. The lowest BCUT2D eigenvalue weighted by atomic mass is 9.93. The van der Waals surface area contributed by atoms with E-state index in [4.69, 9.17) is 10.7 Å². The molecule has 1 aromatic heterocycles. The number of aromatic nitrogens is 1. The van der Waals surface area contributed by atoms with Crippen LogP contribution in [-0.4, -0.2) is 41.1 Å². The molecule has 0 spiro atoms. The van der Waals surface area contributed by atoms with Gasteiger partial charge in [-0.15, -0.1) is 0 Å². The molecule has 31 heavy (non-hydrogen) atoms. The molecular weight excluding hydrogens is 393 g/mol. The van der Waals surface area contributed by atoms with Crippen molar-refractivity contribution in [2.45, 2.75) is 77.1 Å². The largest absolute Gasteiger partial charge is 0.388 e. The molecule has 7 heteroatoms. The number of hydrogen-bond donors (Lipinski definition) is 3. The molecule has 168 valence electrons. The number of amidine groups is 1. The van der Waals surface area contributed by atoms with Crippen LogP contribution in [0.1, 0.15) is 69.2 Å². The lowest BCUT2D eigenvalue weighted by molar-refractivity contribution is 0.188. The Morgan fingerprint density at radius 3 is 2.55 bits per heavy atom. The van der Waals surface area contributed by atoms with Crippen LogP contribution < -0.4 is 16.0 Å². The molecule has 1 atom stereocenters. The number of rotatable bonds is 5. The Morgan fingerprint density at radius 1 is 1.19 bits per heavy atom. The summed E-state index contributed by atoms with van der Waals surface area (Å²) in [6.07, 6.45) is 7.53. The van der Waals surface area contributed by atoms with Gasteiger partial charge in [0.15, 0.2) is 6.23 Å². The molecule has 0 bridgehead atoms. The van der Waals surface area contributed by atoms with Crippen molar-refractivity contribution in [2.75, 3.05) is 18.0 Å². The highest BCUT2D eigenvalue weighted by molar-refractivity contribution is 5.85. The number of aliphatic hydroxyl groups is 1. The van der Waals surface area contributed by atoms with E-state index in [-0.39, 0.29) is 5.82 Å². The number of pyridine rings is 1. The van der Waals surface area contributed by atoms with Gasteiger partial charge in [-0.2, -0.15) is 0 Å². The molecule has 4 rings (SSSR count). The molecule has 2 heterocycles. The molecule has 6 nitrogen and oxygen atoms in total. The standard InChI is InChI=1S/C24H34FN5O/c1-15-21(25)9-8-17-14-20(24(31)27-16(2)26)23(29-22(15)17)30-12-10-19(11-13-30)28-18-6-4-3-5-7-18/h8-9,14,18-19,24,28,31H,3-7,10-13H2,1-2H3,(H2,26,27).